The van der Waals surface area contributed by atoms with Crippen LogP contribution in [0.5, 0.6) is 0 Å². The molecular weight excluding hydrogens is 452 g/mol. The average molecular weight is 503 g/mol. The first-order chi connectivity index (χ1) is 17.9. The molecular formula is C33H50N4. The lowest BCUT2D eigenvalue weighted by Gasteiger charge is -2.28. The lowest BCUT2D eigenvalue weighted by molar-refractivity contribution is 0.402. The van der Waals surface area contributed by atoms with Gasteiger partial charge in [-0.25, -0.2) is 0 Å². The van der Waals surface area contributed by atoms with Crippen molar-refractivity contribution in [1.82, 2.24) is 4.90 Å². The zero-order chi connectivity index (χ0) is 28.4. The monoisotopic (exact) mass is 502 g/mol. The number of nitrogens with one attached hydrogen (secondary N) is 1. The van der Waals surface area contributed by atoms with Crippen LogP contribution >= 0.6 is 0 Å². The van der Waals surface area contributed by atoms with Crippen molar-refractivity contribution in [3.05, 3.63) is 101 Å². The lowest BCUT2D eigenvalue weighted by Crippen LogP contribution is -2.24. The SMILES string of the molecule is C=Cc1cccc(C)c1C(=N)C(c1cccc(CN(C)C)c1)C(C)C1=CCC=CN=C1.CC.CC.CN. The molecule has 0 saturated heterocycles. The van der Waals surface area contributed by atoms with Gasteiger partial charge in [0.15, 0.2) is 0 Å². The van der Waals surface area contributed by atoms with Crippen LogP contribution in [0.4, 0.5) is 0 Å². The molecule has 2 aromatic carbocycles. The van der Waals surface area contributed by atoms with Gasteiger partial charge in [-0.15, -0.1) is 0 Å². The van der Waals surface area contributed by atoms with Crippen LogP contribution in [0.15, 0.2) is 78.0 Å². The van der Waals surface area contributed by atoms with E-state index >= 15 is 0 Å². The summed E-state index contributed by atoms with van der Waals surface area (Å²) < 4.78 is 0. The molecule has 1 aliphatic heterocycles. The second-order valence-electron chi connectivity index (χ2n) is 8.51. The zero-order valence-corrected chi connectivity index (χ0v) is 24.7. The molecule has 4 heteroatoms. The quantitative estimate of drug-likeness (QED) is 0.359. The standard InChI is InChI=1S/C28H33N3.2C2H6.CH5N/c1-6-23-14-9-11-20(2)26(23)28(29)27(21(3)25-13-7-8-16-30-18-25)24-15-10-12-22(17-24)19-31(4)5;3*1-2/h6,8-18,21,27,29H,1,7,19H2,2-5H3;2*1-2H3;2H2,1H3. The van der Waals surface area contributed by atoms with E-state index in [4.69, 9.17) is 0 Å². The van der Waals surface area contributed by atoms with Crippen LogP contribution in [0.25, 0.3) is 6.08 Å². The number of aliphatic imine (C=N–C) groups is 1. The van der Waals surface area contributed by atoms with Gasteiger partial charge < -0.3 is 16.0 Å². The molecule has 0 aromatic heterocycles. The van der Waals surface area contributed by atoms with Crippen molar-refractivity contribution in [2.24, 2.45) is 16.6 Å². The van der Waals surface area contributed by atoms with Crippen molar-refractivity contribution in [2.45, 2.75) is 60.4 Å². The minimum Gasteiger partial charge on any atom is -0.333 e. The summed E-state index contributed by atoms with van der Waals surface area (Å²) in [6.45, 7) is 17.2. The summed E-state index contributed by atoms with van der Waals surface area (Å²) in [5, 5.41) is 9.38. The van der Waals surface area contributed by atoms with E-state index in [9.17, 15) is 5.41 Å². The summed E-state index contributed by atoms with van der Waals surface area (Å²) in [5.41, 5.74) is 11.8. The summed E-state index contributed by atoms with van der Waals surface area (Å²) in [6, 6.07) is 14.9. The molecule has 0 bridgehead atoms. The second-order valence-corrected chi connectivity index (χ2v) is 8.51. The van der Waals surface area contributed by atoms with Crippen LogP contribution in [-0.2, 0) is 6.54 Å². The Hall–Kier alpha value is -3.08. The third kappa shape index (κ3) is 10.1. The molecule has 0 amide bonds. The fourth-order valence-electron chi connectivity index (χ4n) is 4.34. The summed E-state index contributed by atoms with van der Waals surface area (Å²) in [4.78, 5) is 6.60. The Kier molecular flexibility index (Phi) is 17.5. The van der Waals surface area contributed by atoms with Crippen LogP contribution < -0.4 is 5.73 Å². The highest BCUT2D eigenvalue weighted by Crippen LogP contribution is 2.35. The summed E-state index contributed by atoms with van der Waals surface area (Å²) in [5.74, 6) is 0.0285. The van der Waals surface area contributed by atoms with Gasteiger partial charge in [0.2, 0.25) is 0 Å². The molecule has 4 nitrogen and oxygen atoms in total. The first kappa shape index (κ1) is 33.9. The number of aryl methyl sites for hydroxylation is 1. The molecule has 0 fully saturated rings. The van der Waals surface area contributed by atoms with E-state index in [1.165, 1.54) is 23.7 Å². The summed E-state index contributed by atoms with van der Waals surface area (Å²) >= 11 is 0. The van der Waals surface area contributed by atoms with Gasteiger partial charge in [0.25, 0.3) is 0 Å². The van der Waals surface area contributed by atoms with Gasteiger partial charge in [-0.3, -0.25) is 4.99 Å². The van der Waals surface area contributed by atoms with Crippen molar-refractivity contribution in [3.63, 3.8) is 0 Å². The molecule has 3 N–H and O–H groups in total. The topological polar surface area (TPSA) is 65.5 Å². The van der Waals surface area contributed by atoms with Gasteiger partial charge in [0, 0.05) is 36.2 Å². The molecule has 2 atom stereocenters. The van der Waals surface area contributed by atoms with Gasteiger partial charge >= 0.3 is 0 Å². The minimum atomic E-state index is -0.0855. The van der Waals surface area contributed by atoms with Crippen molar-refractivity contribution in [2.75, 3.05) is 21.1 Å². The van der Waals surface area contributed by atoms with Gasteiger partial charge in [0.1, 0.15) is 0 Å². The van der Waals surface area contributed by atoms with E-state index in [0.717, 1.165) is 29.7 Å². The van der Waals surface area contributed by atoms with Crippen LogP contribution in [0.3, 0.4) is 0 Å². The Balaban J connectivity index is 0.00000201. The molecule has 2 aromatic rings. The number of hydrogen-bond acceptors (Lipinski definition) is 4. The Labute approximate surface area is 227 Å². The number of rotatable bonds is 8. The van der Waals surface area contributed by atoms with Crippen LogP contribution in [-0.4, -0.2) is 38.0 Å². The molecule has 202 valence electrons. The first-order valence-electron chi connectivity index (χ1n) is 13.4. The molecule has 2 unspecified atom stereocenters. The largest absolute Gasteiger partial charge is 0.333 e. The van der Waals surface area contributed by atoms with E-state index in [1.807, 2.05) is 58.3 Å². The number of nitrogens with zero attached hydrogens (tertiary/aromatic N) is 2. The van der Waals surface area contributed by atoms with Crippen LogP contribution in [0.2, 0.25) is 0 Å². The molecule has 3 rings (SSSR count). The lowest BCUT2D eigenvalue weighted by atomic mass is 9.75. The van der Waals surface area contributed by atoms with E-state index in [1.54, 1.807) is 0 Å². The van der Waals surface area contributed by atoms with Crippen molar-refractivity contribution in [1.29, 1.82) is 5.41 Å². The highest BCUT2D eigenvalue weighted by Gasteiger charge is 2.29. The summed E-state index contributed by atoms with van der Waals surface area (Å²) in [6.07, 6.45) is 10.8. The molecule has 0 radical (unpaired) electrons. The van der Waals surface area contributed by atoms with Crippen molar-refractivity contribution < 1.29 is 0 Å². The molecule has 1 aliphatic rings. The fourth-order valence-corrected chi connectivity index (χ4v) is 4.34. The smallest absolute Gasteiger partial charge is 0.0475 e. The fraction of sp³-hybridized carbons (Fsp3) is 0.394. The third-order valence-electron chi connectivity index (χ3n) is 5.84. The van der Waals surface area contributed by atoms with Crippen LogP contribution in [0.1, 0.15) is 74.8 Å². The van der Waals surface area contributed by atoms with Crippen molar-refractivity contribution >= 4 is 18.0 Å². The van der Waals surface area contributed by atoms with E-state index in [0.29, 0.717) is 5.71 Å². The average Bonchev–Trinajstić information content (AvgIpc) is 3.21. The van der Waals surface area contributed by atoms with Gasteiger partial charge in [0.05, 0.1) is 0 Å². The highest BCUT2D eigenvalue weighted by atomic mass is 15.0. The number of benzene rings is 2. The maximum atomic E-state index is 9.38. The predicted molar refractivity (Wildman–Crippen MR) is 167 cm³/mol. The highest BCUT2D eigenvalue weighted by molar-refractivity contribution is 6.07. The Bertz CT molecular complexity index is 1040. The Morgan fingerprint density at radius 1 is 1.11 bits per heavy atom. The maximum absolute atomic E-state index is 9.38. The predicted octanol–water partition coefficient (Wildman–Crippen LogP) is 8.03. The van der Waals surface area contributed by atoms with E-state index in [2.05, 4.69) is 92.6 Å². The van der Waals surface area contributed by atoms with Crippen molar-refractivity contribution in [3.8, 4) is 0 Å². The first-order valence-corrected chi connectivity index (χ1v) is 13.4. The molecule has 0 aliphatic carbocycles. The zero-order valence-electron chi connectivity index (χ0n) is 24.7. The minimum absolute atomic E-state index is 0.0855. The molecule has 1 heterocycles. The number of allylic oxidation sites excluding steroid dienone is 3. The maximum Gasteiger partial charge on any atom is 0.0475 e. The Morgan fingerprint density at radius 3 is 2.38 bits per heavy atom. The number of nitrogens with two attached hydrogens (primary N) is 1. The number of hydrogen-bond donors (Lipinski definition) is 2. The second kappa shape index (κ2) is 19.1. The molecule has 0 saturated carbocycles. The van der Waals surface area contributed by atoms with Crippen LogP contribution in [0, 0.1) is 18.3 Å². The van der Waals surface area contributed by atoms with Gasteiger partial charge in [-0.2, -0.15) is 0 Å². The van der Waals surface area contributed by atoms with E-state index < -0.39 is 0 Å². The molecule has 37 heavy (non-hydrogen) atoms. The summed E-state index contributed by atoms with van der Waals surface area (Å²) in [7, 11) is 5.66. The van der Waals surface area contributed by atoms with Gasteiger partial charge in [-0.1, -0.05) is 102 Å². The molecule has 0 spiro atoms. The van der Waals surface area contributed by atoms with Gasteiger partial charge in [-0.05, 0) is 68.2 Å². The third-order valence-corrected chi connectivity index (χ3v) is 5.84. The van der Waals surface area contributed by atoms with E-state index in [-0.39, 0.29) is 11.8 Å². The Morgan fingerprint density at radius 2 is 1.76 bits per heavy atom. The normalized spacial score (nSPS) is 13.3.